The highest BCUT2D eigenvalue weighted by Gasteiger charge is 2.16. The second-order valence-corrected chi connectivity index (χ2v) is 5.29. The van der Waals surface area contributed by atoms with Gasteiger partial charge in [0, 0.05) is 5.56 Å². The van der Waals surface area contributed by atoms with Crippen LogP contribution in [0.4, 0.5) is 0 Å². The number of phenolic OH excluding ortho intramolecular Hbond substituents is 1. The number of aromatic nitrogens is 1. The molecule has 1 N–H and O–H groups in total. The Morgan fingerprint density at radius 1 is 1.04 bits per heavy atom. The maximum atomic E-state index is 12.6. The van der Waals surface area contributed by atoms with Crippen LogP contribution in [-0.4, -0.2) is 10.1 Å². The molecule has 0 aliphatic rings. The molecule has 0 saturated heterocycles. The molecule has 2 heterocycles. The third-order valence-corrected chi connectivity index (χ3v) is 3.85. The average molecular weight is 314 g/mol. The topological polar surface area (TPSA) is 87.1 Å². The zero-order valence-electron chi connectivity index (χ0n) is 12.4. The number of hydrogen-bond donors (Lipinski definition) is 1. The Morgan fingerprint density at radius 3 is 2.58 bits per heavy atom. The number of phenols is 1. The Labute approximate surface area is 136 Å². The van der Waals surface area contributed by atoms with Crippen LogP contribution in [0, 0.1) is 11.3 Å². The first-order valence-corrected chi connectivity index (χ1v) is 7.24. The molecule has 4 rings (SSSR count). The van der Waals surface area contributed by atoms with E-state index in [1.165, 1.54) is 12.1 Å². The largest absolute Gasteiger partial charge is 0.507 e. The summed E-state index contributed by atoms with van der Waals surface area (Å²) in [7, 11) is 0. The molecule has 5 heteroatoms. The zero-order chi connectivity index (χ0) is 16.7. The van der Waals surface area contributed by atoms with E-state index in [1.54, 1.807) is 42.5 Å². The van der Waals surface area contributed by atoms with Crippen molar-refractivity contribution in [2.45, 2.75) is 0 Å². The molecule has 114 valence electrons. The lowest BCUT2D eigenvalue weighted by Crippen LogP contribution is -2.04. The fraction of sp³-hybridized carbons (Fsp3) is 0. The monoisotopic (exact) mass is 314 g/mol. The molecule has 2 aromatic heterocycles. The van der Waals surface area contributed by atoms with Gasteiger partial charge in [-0.3, -0.25) is 4.79 Å². The Balaban J connectivity index is 2.14. The van der Waals surface area contributed by atoms with Gasteiger partial charge in [0.15, 0.2) is 0 Å². The highest BCUT2D eigenvalue weighted by molar-refractivity contribution is 5.90. The Bertz CT molecular complexity index is 1200. The molecule has 2 aromatic carbocycles. The first-order valence-electron chi connectivity index (χ1n) is 7.24. The molecule has 0 aliphatic carbocycles. The van der Waals surface area contributed by atoms with Crippen molar-refractivity contribution in [3.63, 3.8) is 0 Å². The molecule has 0 amide bonds. The summed E-state index contributed by atoms with van der Waals surface area (Å²) < 4.78 is 5.73. The maximum absolute atomic E-state index is 12.6. The summed E-state index contributed by atoms with van der Waals surface area (Å²) in [6.07, 6.45) is 0. The van der Waals surface area contributed by atoms with E-state index in [0.717, 1.165) is 0 Å². The van der Waals surface area contributed by atoms with E-state index in [0.29, 0.717) is 16.5 Å². The average Bonchev–Trinajstić information content (AvgIpc) is 2.61. The van der Waals surface area contributed by atoms with Crippen molar-refractivity contribution in [3.8, 4) is 23.1 Å². The van der Waals surface area contributed by atoms with Crippen LogP contribution in [0.15, 0.2) is 63.8 Å². The van der Waals surface area contributed by atoms with Gasteiger partial charge in [-0.1, -0.05) is 24.3 Å². The first-order chi connectivity index (χ1) is 11.7. The van der Waals surface area contributed by atoms with Gasteiger partial charge in [0.2, 0.25) is 11.1 Å². The summed E-state index contributed by atoms with van der Waals surface area (Å²) in [5.41, 5.74) is 1.21. The second-order valence-electron chi connectivity index (χ2n) is 5.29. The molecule has 0 fully saturated rings. The Hall–Kier alpha value is -3.65. The van der Waals surface area contributed by atoms with E-state index in [-0.39, 0.29) is 33.5 Å². The fourth-order valence-electron chi connectivity index (χ4n) is 2.69. The van der Waals surface area contributed by atoms with Crippen molar-refractivity contribution in [2.24, 2.45) is 0 Å². The summed E-state index contributed by atoms with van der Waals surface area (Å²) in [4.78, 5) is 17.0. The maximum Gasteiger partial charge on any atom is 0.231 e. The first kappa shape index (κ1) is 14.0. The SMILES string of the molecule is N#Cc1cc2c(=O)c3ccccc3oc2nc1-c1ccccc1O. The number of nitrogens with zero attached hydrogens (tertiary/aromatic N) is 2. The van der Waals surface area contributed by atoms with Crippen molar-refractivity contribution < 1.29 is 9.52 Å². The number of hydrogen-bond acceptors (Lipinski definition) is 5. The van der Waals surface area contributed by atoms with E-state index in [1.807, 2.05) is 6.07 Å². The highest BCUT2D eigenvalue weighted by atomic mass is 16.3. The van der Waals surface area contributed by atoms with Crippen molar-refractivity contribution in [1.82, 2.24) is 4.98 Å². The number of benzene rings is 2. The van der Waals surface area contributed by atoms with Crippen molar-refractivity contribution in [2.75, 3.05) is 0 Å². The number of rotatable bonds is 1. The van der Waals surface area contributed by atoms with Gasteiger partial charge in [-0.15, -0.1) is 0 Å². The van der Waals surface area contributed by atoms with Crippen LogP contribution in [0.25, 0.3) is 33.3 Å². The quantitative estimate of drug-likeness (QED) is 0.542. The van der Waals surface area contributed by atoms with Gasteiger partial charge in [-0.25, -0.2) is 4.98 Å². The number of aromatic hydroxyl groups is 1. The second kappa shape index (κ2) is 5.21. The van der Waals surface area contributed by atoms with Crippen LogP contribution in [-0.2, 0) is 0 Å². The smallest absolute Gasteiger partial charge is 0.231 e. The van der Waals surface area contributed by atoms with Gasteiger partial charge < -0.3 is 9.52 Å². The summed E-state index contributed by atoms with van der Waals surface area (Å²) >= 11 is 0. The molecule has 0 bridgehead atoms. The molecule has 4 aromatic rings. The van der Waals surface area contributed by atoms with Crippen LogP contribution in [0.3, 0.4) is 0 Å². The number of para-hydroxylation sites is 2. The van der Waals surface area contributed by atoms with E-state index < -0.39 is 0 Å². The Kier molecular flexibility index (Phi) is 3.04. The third kappa shape index (κ3) is 2.02. The van der Waals surface area contributed by atoms with Crippen molar-refractivity contribution in [3.05, 3.63) is 70.4 Å². The number of nitriles is 1. The molecule has 0 spiro atoms. The predicted octanol–water partition coefficient (Wildman–Crippen LogP) is 3.59. The van der Waals surface area contributed by atoms with Crippen LogP contribution in [0.1, 0.15) is 5.56 Å². The molecular formula is C19H10N2O3. The molecule has 0 radical (unpaired) electrons. The molecule has 0 unspecified atom stereocenters. The van der Waals surface area contributed by atoms with E-state index in [2.05, 4.69) is 4.98 Å². The van der Waals surface area contributed by atoms with Crippen molar-refractivity contribution >= 4 is 22.1 Å². The van der Waals surface area contributed by atoms with Gasteiger partial charge in [0.25, 0.3) is 0 Å². The predicted molar refractivity (Wildman–Crippen MR) is 89.6 cm³/mol. The highest BCUT2D eigenvalue weighted by Crippen LogP contribution is 2.31. The molecule has 0 saturated carbocycles. The van der Waals surface area contributed by atoms with Gasteiger partial charge in [0.1, 0.15) is 17.4 Å². The van der Waals surface area contributed by atoms with Crippen LogP contribution in [0.2, 0.25) is 0 Å². The van der Waals surface area contributed by atoms with Crippen LogP contribution >= 0.6 is 0 Å². The van der Waals surface area contributed by atoms with E-state index in [9.17, 15) is 15.2 Å². The van der Waals surface area contributed by atoms with Crippen molar-refractivity contribution in [1.29, 1.82) is 5.26 Å². The van der Waals surface area contributed by atoms with Crippen LogP contribution < -0.4 is 5.43 Å². The van der Waals surface area contributed by atoms with E-state index in [4.69, 9.17) is 4.42 Å². The number of pyridine rings is 1. The minimum absolute atomic E-state index is 0.00369. The van der Waals surface area contributed by atoms with E-state index >= 15 is 0 Å². The molecule has 0 atom stereocenters. The van der Waals surface area contributed by atoms with Gasteiger partial charge in [-0.05, 0) is 30.3 Å². The summed E-state index contributed by atoms with van der Waals surface area (Å²) in [5, 5.41) is 20.1. The zero-order valence-corrected chi connectivity index (χ0v) is 12.4. The summed E-state index contributed by atoms with van der Waals surface area (Å²) in [6, 6.07) is 17.0. The summed E-state index contributed by atoms with van der Waals surface area (Å²) in [6.45, 7) is 0. The standard InChI is InChI=1S/C19H10N2O3/c20-10-11-9-14-18(23)13-6-2-4-8-16(13)24-19(14)21-17(11)12-5-1-3-7-15(12)22/h1-9,22H. The van der Waals surface area contributed by atoms with Gasteiger partial charge >= 0.3 is 0 Å². The minimum Gasteiger partial charge on any atom is -0.507 e. The normalized spacial score (nSPS) is 10.8. The molecular weight excluding hydrogens is 304 g/mol. The lowest BCUT2D eigenvalue weighted by atomic mass is 10.0. The summed E-state index contributed by atoms with van der Waals surface area (Å²) in [5.74, 6) is 0.00369. The number of fused-ring (bicyclic) bond motifs is 2. The van der Waals surface area contributed by atoms with Gasteiger partial charge in [-0.2, -0.15) is 5.26 Å². The minimum atomic E-state index is -0.236. The third-order valence-electron chi connectivity index (χ3n) is 3.85. The van der Waals surface area contributed by atoms with Crippen LogP contribution in [0.5, 0.6) is 5.75 Å². The fourth-order valence-corrected chi connectivity index (χ4v) is 2.69. The molecule has 5 nitrogen and oxygen atoms in total. The molecule has 0 aliphatic heterocycles. The lowest BCUT2D eigenvalue weighted by Gasteiger charge is -2.07. The van der Waals surface area contributed by atoms with Gasteiger partial charge in [0.05, 0.1) is 22.0 Å². The Morgan fingerprint density at radius 2 is 1.79 bits per heavy atom. The lowest BCUT2D eigenvalue weighted by molar-refractivity contribution is 0.477. The molecule has 24 heavy (non-hydrogen) atoms.